The Morgan fingerprint density at radius 3 is 2.09 bits per heavy atom. The Hall–Kier alpha value is -4.19. The molecule has 238 valence electrons. The summed E-state index contributed by atoms with van der Waals surface area (Å²) >= 11 is 0. The van der Waals surface area contributed by atoms with Crippen molar-refractivity contribution in [3.05, 3.63) is 106 Å². The molecule has 6 heteroatoms. The number of aryl methyl sites for hydroxylation is 1. The molecule has 0 unspecified atom stereocenters. The van der Waals surface area contributed by atoms with Gasteiger partial charge in [0.15, 0.2) is 0 Å². The number of anilines is 1. The fourth-order valence-corrected chi connectivity index (χ4v) is 5.80. The Balaban J connectivity index is 1.44. The van der Waals surface area contributed by atoms with Gasteiger partial charge >= 0.3 is 0 Å². The number of rotatable bonds is 13. The van der Waals surface area contributed by atoms with Gasteiger partial charge in [-0.1, -0.05) is 89.2 Å². The van der Waals surface area contributed by atoms with Crippen molar-refractivity contribution >= 4 is 29.5 Å². The van der Waals surface area contributed by atoms with Crippen molar-refractivity contribution < 1.29 is 14.4 Å². The predicted molar refractivity (Wildman–Crippen MR) is 184 cm³/mol. The predicted octanol–water partition coefficient (Wildman–Crippen LogP) is 8.14. The smallest absolute Gasteiger partial charge is 0.261 e. The van der Waals surface area contributed by atoms with E-state index in [0.717, 1.165) is 30.6 Å². The number of amides is 3. The highest BCUT2D eigenvalue weighted by molar-refractivity contribution is 6.21. The van der Waals surface area contributed by atoms with E-state index >= 15 is 0 Å². The number of carbonyl (C=O) groups excluding carboxylic acids is 3. The van der Waals surface area contributed by atoms with E-state index in [-0.39, 0.29) is 29.7 Å². The monoisotopic (exact) mass is 607 g/mol. The van der Waals surface area contributed by atoms with Gasteiger partial charge in [-0.3, -0.25) is 19.3 Å². The fraction of sp³-hybridized carbons (Fsp3) is 0.410. The van der Waals surface area contributed by atoms with Crippen LogP contribution in [0.25, 0.3) is 6.08 Å². The molecule has 45 heavy (non-hydrogen) atoms. The molecule has 0 saturated heterocycles. The molecule has 0 spiro atoms. The van der Waals surface area contributed by atoms with Crippen LogP contribution < -0.4 is 4.90 Å². The number of fused-ring (bicyclic) bond motifs is 1. The topological polar surface area (TPSA) is 60.9 Å². The molecular formula is C39H49N3O3. The van der Waals surface area contributed by atoms with E-state index in [1.165, 1.54) is 21.7 Å². The van der Waals surface area contributed by atoms with E-state index in [2.05, 4.69) is 76.8 Å². The summed E-state index contributed by atoms with van der Waals surface area (Å²) in [5.74, 6) is 0.148. The molecule has 0 aliphatic carbocycles. The molecule has 0 saturated carbocycles. The first kappa shape index (κ1) is 33.7. The van der Waals surface area contributed by atoms with Gasteiger partial charge < -0.3 is 9.80 Å². The van der Waals surface area contributed by atoms with Crippen LogP contribution in [0.1, 0.15) is 97.4 Å². The molecule has 0 fully saturated rings. The number of carbonyl (C=O) groups is 3. The lowest BCUT2D eigenvalue weighted by Gasteiger charge is -2.30. The van der Waals surface area contributed by atoms with Gasteiger partial charge in [-0.2, -0.15) is 0 Å². The van der Waals surface area contributed by atoms with Gasteiger partial charge in [-0.05, 0) is 78.1 Å². The quantitative estimate of drug-likeness (QED) is 0.184. The number of imide groups is 1. The van der Waals surface area contributed by atoms with Crippen LogP contribution in [0.3, 0.4) is 0 Å². The third-order valence-corrected chi connectivity index (χ3v) is 8.07. The van der Waals surface area contributed by atoms with Crippen LogP contribution >= 0.6 is 0 Å². The number of allylic oxidation sites excluding steroid dienone is 1. The van der Waals surface area contributed by atoms with Crippen molar-refractivity contribution in [1.82, 2.24) is 9.80 Å². The van der Waals surface area contributed by atoms with Crippen LogP contribution in [0, 0.1) is 18.3 Å². The zero-order valence-corrected chi connectivity index (χ0v) is 28.1. The molecule has 0 bridgehead atoms. The zero-order valence-electron chi connectivity index (χ0n) is 28.1. The Morgan fingerprint density at radius 1 is 0.889 bits per heavy atom. The zero-order chi connectivity index (χ0) is 32.7. The minimum Gasteiger partial charge on any atom is -0.371 e. The third-order valence-electron chi connectivity index (χ3n) is 8.07. The first-order valence-corrected chi connectivity index (χ1v) is 16.2. The van der Waals surface area contributed by atoms with Gasteiger partial charge in [0.2, 0.25) is 5.91 Å². The minimum absolute atomic E-state index is 0.111. The molecule has 0 aromatic heterocycles. The van der Waals surface area contributed by atoms with Crippen molar-refractivity contribution in [2.75, 3.05) is 24.5 Å². The third kappa shape index (κ3) is 8.93. The minimum atomic E-state index is -0.256. The standard InChI is InChI=1S/C39H49N3O3/c1-8-12-32-23-33(20-15-29(32)4)40(25-28(2)3)21-11-22-41(36(43)24-39(5,6)7)26-30-16-18-31(19-17-30)27-42-37(44)34-13-9-10-14-35(34)38(42)45/h8-10,12-20,23,28H,11,21-22,24-27H2,1-7H3/b12-8-. The van der Waals surface area contributed by atoms with Crippen molar-refractivity contribution in [3.63, 3.8) is 0 Å². The molecule has 0 atom stereocenters. The first-order valence-electron chi connectivity index (χ1n) is 16.2. The second-order valence-electron chi connectivity index (χ2n) is 13.8. The van der Waals surface area contributed by atoms with Gasteiger partial charge in [-0.15, -0.1) is 0 Å². The van der Waals surface area contributed by atoms with Crippen LogP contribution in [0.15, 0.2) is 72.8 Å². The Kier molecular flexibility index (Phi) is 11.0. The van der Waals surface area contributed by atoms with Crippen LogP contribution in [-0.2, 0) is 17.9 Å². The number of nitrogens with zero attached hydrogens (tertiary/aromatic N) is 3. The highest BCUT2D eigenvalue weighted by Crippen LogP contribution is 2.26. The molecule has 1 aliphatic heterocycles. The Morgan fingerprint density at radius 2 is 1.51 bits per heavy atom. The van der Waals surface area contributed by atoms with Crippen LogP contribution in [0.4, 0.5) is 5.69 Å². The second-order valence-corrected chi connectivity index (χ2v) is 13.8. The molecule has 0 radical (unpaired) electrons. The Bertz CT molecular complexity index is 1500. The summed E-state index contributed by atoms with van der Waals surface area (Å²) in [7, 11) is 0. The number of benzene rings is 3. The van der Waals surface area contributed by atoms with E-state index in [1.54, 1.807) is 24.3 Å². The van der Waals surface area contributed by atoms with Crippen LogP contribution in [0.2, 0.25) is 0 Å². The SMILES string of the molecule is C/C=C\c1cc(N(CCCN(Cc2ccc(CN3C(=O)c4ccccc4C3=O)cc2)C(=O)CC(C)(C)C)CC(C)C)ccc1C. The molecule has 6 nitrogen and oxygen atoms in total. The van der Waals surface area contributed by atoms with E-state index in [9.17, 15) is 14.4 Å². The molecule has 4 rings (SSSR count). The van der Waals surface area contributed by atoms with E-state index in [0.29, 0.717) is 36.6 Å². The van der Waals surface area contributed by atoms with Gasteiger partial charge in [-0.25, -0.2) is 0 Å². The lowest BCUT2D eigenvalue weighted by atomic mass is 9.91. The fourth-order valence-electron chi connectivity index (χ4n) is 5.80. The van der Waals surface area contributed by atoms with Crippen molar-refractivity contribution in [2.24, 2.45) is 11.3 Å². The molecule has 1 aliphatic rings. The van der Waals surface area contributed by atoms with Gasteiger partial charge in [0.05, 0.1) is 17.7 Å². The summed E-state index contributed by atoms with van der Waals surface area (Å²) < 4.78 is 0. The summed E-state index contributed by atoms with van der Waals surface area (Å²) in [6.45, 7) is 18.2. The average Bonchev–Trinajstić information content (AvgIpc) is 3.22. The van der Waals surface area contributed by atoms with Crippen molar-refractivity contribution in [1.29, 1.82) is 0 Å². The maximum absolute atomic E-state index is 13.5. The lowest BCUT2D eigenvalue weighted by molar-refractivity contribution is -0.133. The average molecular weight is 608 g/mol. The summed E-state index contributed by atoms with van der Waals surface area (Å²) in [4.78, 5) is 44.9. The molecular weight excluding hydrogens is 558 g/mol. The maximum Gasteiger partial charge on any atom is 0.261 e. The first-order chi connectivity index (χ1) is 21.4. The van der Waals surface area contributed by atoms with Gasteiger partial charge in [0.25, 0.3) is 11.8 Å². The molecule has 3 aromatic rings. The van der Waals surface area contributed by atoms with E-state index < -0.39 is 0 Å². The summed E-state index contributed by atoms with van der Waals surface area (Å²) in [6.07, 6.45) is 5.57. The van der Waals surface area contributed by atoms with E-state index in [1.807, 2.05) is 36.1 Å². The van der Waals surface area contributed by atoms with Crippen LogP contribution in [0.5, 0.6) is 0 Å². The largest absolute Gasteiger partial charge is 0.371 e. The highest BCUT2D eigenvalue weighted by atomic mass is 16.2. The highest BCUT2D eigenvalue weighted by Gasteiger charge is 2.35. The molecule has 3 amide bonds. The number of hydrogen-bond donors (Lipinski definition) is 0. The number of hydrogen-bond acceptors (Lipinski definition) is 4. The summed E-state index contributed by atoms with van der Waals surface area (Å²) in [6, 6.07) is 21.5. The van der Waals surface area contributed by atoms with Crippen LogP contribution in [-0.4, -0.2) is 47.2 Å². The molecule has 0 N–H and O–H groups in total. The van der Waals surface area contributed by atoms with E-state index in [4.69, 9.17) is 0 Å². The maximum atomic E-state index is 13.5. The normalized spacial score (nSPS) is 13.2. The summed E-state index contributed by atoms with van der Waals surface area (Å²) in [5.41, 5.74) is 6.41. The summed E-state index contributed by atoms with van der Waals surface area (Å²) in [5, 5.41) is 0. The second kappa shape index (κ2) is 14.7. The van der Waals surface area contributed by atoms with Crippen molar-refractivity contribution in [2.45, 2.75) is 74.4 Å². The van der Waals surface area contributed by atoms with Gasteiger partial charge in [0, 0.05) is 38.3 Å². The Labute approximate surface area is 269 Å². The van der Waals surface area contributed by atoms with Gasteiger partial charge in [0.1, 0.15) is 0 Å². The molecule has 3 aromatic carbocycles. The molecule has 1 heterocycles. The van der Waals surface area contributed by atoms with Crippen molar-refractivity contribution in [3.8, 4) is 0 Å². The lowest BCUT2D eigenvalue weighted by Crippen LogP contribution is -2.36.